The maximum Gasteiger partial charge on any atom is 0.226 e. The molecule has 0 saturated heterocycles. The summed E-state index contributed by atoms with van der Waals surface area (Å²) in [6.07, 6.45) is 2.37. The van der Waals surface area contributed by atoms with E-state index in [2.05, 4.69) is 41.5 Å². The summed E-state index contributed by atoms with van der Waals surface area (Å²) in [5.41, 5.74) is 4.02. The Kier molecular flexibility index (Phi) is 3.98. The van der Waals surface area contributed by atoms with Crippen LogP contribution in [0, 0.1) is 6.92 Å². The lowest BCUT2D eigenvalue weighted by molar-refractivity contribution is -0.121. The molecule has 0 aliphatic carbocycles. The van der Waals surface area contributed by atoms with Crippen LogP contribution in [0.1, 0.15) is 32.0 Å². The standard InChI is InChI=1S/C18H21N3OS/c1-12-5-7-13(8-6-12)15-10-21-14(11-23-17(21)19-15)9-16(22)20-18(2,3)4/h5-8,10-11H,9H2,1-4H3,(H,20,22). The highest BCUT2D eigenvalue weighted by molar-refractivity contribution is 7.15. The Labute approximate surface area is 140 Å². The molecule has 0 aliphatic heterocycles. The van der Waals surface area contributed by atoms with E-state index in [4.69, 9.17) is 0 Å². The molecule has 4 nitrogen and oxygen atoms in total. The van der Waals surface area contributed by atoms with Gasteiger partial charge in [-0.15, -0.1) is 11.3 Å². The van der Waals surface area contributed by atoms with Gasteiger partial charge >= 0.3 is 0 Å². The zero-order chi connectivity index (χ0) is 16.6. The van der Waals surface area contributed by atoms with E-state index in [0.29, 0.717) is 6.42 Å². The van der Waals surface area contributed by atoms with E-state index >= 15 is 0 Å². The Balaban J connectivity index is 1.86. The lowest BCUT2D eigenvalue weighted by Gasteiger charge is -2.20. The van der Waals surface area contributed by atoms with Crippen molar-refractivity contribution in [3.8, 4) is 11.3 Å². The van der Waals surface area contributed by atoms with Gasteiger partial charge in [-0.05, 0) is 27.7 Å². The minimum Gasteiger partial charge on any atom is -0.351 e. The van der Waals surface area contributed by atoms with Gasteiger partial charge in [0.25, 0.3) is 0 Å². The van der Waals surface area contributed by atoms with Crippen molar-refractivity contribution in [3.05, 3.63) is 47.1 Å². The Morgan fingerprint density at radius 2 is 1.96 bits per heavy atom. The van der Waals surface area contributed by atoms with Crippen molar-refractivity contribution in [1.29, 1.82) is 0 Å². The zero-order valence-corrected chi connectivity index (χ0v) is 14.7. The Morgan fingerprint density at radius 3 is 2.61 bits per heavy atom. The number of benzene rings is 1. The van der Waals surface area contributed by atoms with Gasteiger partial charge in [-0.25, -0.2) is 4.98 Å². The number of aromatic nitrogens is 2. The van der Waals surface area contributed by atoms with Crippen LogP contribution in [0.2, 0.25) is 0 Å². The van der Waals surface area contributed by atoms with Gasteiger partial charge in [-0.1, -0.05) is 29.8 Å². The van der Waals surface area contributed by atoms with E-state index in [0.717, 1.165) is 21.9 Å². The lowest BCUT2D eigenvalue weighted by Crippen LogP contribution is -2.41. The zero-order valence-electron chi connectivity index (χ0n) is 13.9. The van der Waals surface area contributed by atoms with Crippen molar-refractivity contribution in [3.63, 3.8) is 0 Å². The average molecular weight is 327 g/mol. The van der Waals surface area contributed by atoms with Gasteiger partial charge < -0.3 is 5.32 Å². The van der Waals surface area contributed by atoms with Gasteiger partial charge in [0.05, 0.1) is 12.1 Å². The molecule has 0 radical (unpaired) electrons. The normalized spacial score (nSPS) is 11.8. The van der Waals surface area contributed by atoms with Crippen LogP contribution in [0.25, 0.3) is 16.2 Å². The molecule has 1 aromatic carbocycles. The number of imidazole rings is 1. The molecule has 23 heavy (non-hydrogen) atoms. The molecule has 2 heterocycles. The summed E-state index contributed by atoms with van der Waals surface area (Å²) in [6, 6.07) is 8.32. The predicted octanol–water partition coefficient (Wildman–Crippen LogP) is 3.83. The first-order valence-corrected chi connectivity index (χ1v) is 8.53. The van der Waals surface area contributed by atoms with Crippen molar-refractivity contribution in [1.82, 2.24) is 14.7 Å². The molecule has 1 N–H and O–H groups in total. The lowest BCUT2D eigenvalue weighted by atomic mass is 10.1. The second kappa shape index (κ2) is 5.81. The number of carbonyl (C=O) groups excluding carboxylic acids is 1. The van der Waals surface area contributed by atoms with Crippen LogP contribution in [0.4, 0.5) is 0 Å². The molecular weight excluding hydrogens is 306 g/mol. The molecule has 0 unspecified atom stereocenters. The first-order valence-electron chi connectivity index (χ1n) is 7.65. The first kappa shape index (κ1) is 15.7. The Hall–Kier alpha value is -2.14. The highest BCUT2D eigenvalue weighted by atomic mass is 32.1. The Morgan fingerprint density at radius 1 is 1.26 bits per heavy atom. The van der Waals surface area contributed by atoms with Crippen LogP contribution in [-0.2, 0) is 11.2 Å². The van der Waals surface area contributed by atoms with Crippen molar-refractivity contribution < 1.29 is 4.79 Å². The number of nitrogens with zero attached hydrogens (tertiary/aromatic N) is 2. The summed E-state index contributed by atoms with van der Waals surface area (Å²) in [5.74, 6) is 0.0304. The van der Waals surface area contributed by atoms with Crippen molar-refractivity contribution in [2.45, 2.75) is 39.7 Å². The summed E-state index contributed by atoms with van der Waals surface area (Å²) in [6.45, 7) is 8.03. The SMILES string of the molecule is Cc1ccc(-c2cn3c(CC(=O)NC(C)(C)C)csc3n2)cc1. The van der Waals surface area contributed by atoms with Crippen LogP contribution in [0.15, 0.2) is 35.8 Å². The molecule has 3 aromatic rings. The molecule has 0 fully saturated rings. The second-order valence-electron chi connectivity index (χ2n) is 6.85. The second-order valence-corrected chi connectivity index (χ2v) is 7.68. The summed E-state index contributed by atoms with van der Waals surface area (Å²) >= 11 is 1.56. The number of carbonyl (C=O) groups is 1. The third kappa shape index (κ3) is 3.62. The minimum absolute atomic E-state index is 0.0304. The van der Waals surface area contributed by atoms with Crippen molar-refractivity contribution in [2.75, 3.05) is 0 Å². The Bertz CT molecular complexity index is 837. The van der Waals surface area contributed by atoms with E-state index in [1.807, 2.05) is 36.7 Å². The highest BCUT2D eigenvalue weighted by Crippen LogP contribution is 2.24. The number of rotatable bonds is 3. The summed E-state index contributed by atoms with van der Waals surface area (Å²) in [4.78, 5) is 17.7. The molecule has 5 heteroatoms. The highest BCUT2D eigenvalue weighted by Gasteiger charge is 2.16. The summed E-state index contributed by atoms with van der Waals surface area (Å²) in [5, 5.41) is 5.00. The predicted molar refractivity (Wildman–Crippen MR) is 94.8 cm³/mol. The van der Waals surface area contributed by atoms with Gasteiger partial charge in [0.2, 0.25) is 5.91 Å². The third-order valence-corrected chi connectivity index (χ3v) is 4.38. The van der Waals surface area contributed by atoms with E-state index in [-0.39, 0.29) is 11.4 Å². The molecule has 0 atom stereocenters. The molecule has 0 aliphatic rings. The largest absolute Gasteiger partial charge is 0.351 e. The van der Waals surface area contributed by atoms with Gasteiger partial charge in [0.1, 0.15) is 0 Å². The van der Waals surface area contributed by atoms with Crippen LogP contribution in [0.5, 0.6) is 0 Å². The van der Waals surface area contributed by atoms with Crippen molar-refractivity contribution in [2.24, 2.45) is 0 Å². The number of thiazole rings is 1. The van der Waals surface area contributed by atoms with Gasteiger partial charge in [-0.3, -0.25) is 9.20 Å². The monoisotopic (exact) mass is 327 g/mol. The van der Waals surface area contributed by atoms with Gasteiger partial charge in [0.15, 0.2) is 4.96 Å². The maximum absolute atomic E-state index is 12.1. The maximum atomic E-state index is 12.1. The number of nitrogens with one attached hydrogen (secondary N) is 1. The average Bonchev–Trinajstić information content (AvgIpc) is 3.00. The van der Waals surface area contributed by atoms with Crippen LogP contribution < -0.4 is 5.32 Å². The number of fused-ring (bicyclic) bond motifs is 1. The van der Waals surface area contributed by atoms with Crippen LogP contribution in [0.3, 0.4) is 0 Å². The number of hydrogen-bond acceptors (Lipinski definition) is 3. The first-order chi connectivity index (χ1) is 10.8. The topological polar surface area (TPSA) is 46.4 Å². The molecule has 0 bridgehead atoms. The fraction of sp³-hybridized carbons (Fsp3) is 0.333. The number of hydrogen-bond donors (Lipinski definition) is 1. The molecular formula is C18H21N3OS. The van der Waals surface area contributed by atoms with Gasteiger partial charge in [-0.2, -0.15) is 0 Å². The molecule has 3 rings (SSSR count). The van der Waals surface area contributed by atoms with E-state index in [9.17, 15) is 4.79 Å². The van der Waals surface area contributed by atoms with Crippen molar-refractivity contribution >= 4 is 22.2 Å². The van der Waals surface area contributed by atoms with E-state index in [1.165, 1.54) is 5.56 Å². The van der Waals surface area contributed by atoms with Crippen LogP contribution in [-0.4, -0.2) is 20.8 Å². The fourth-order valence-corrected chi connectivity index (χ4v) is 3.32. The van der Waals surface area contributed by atoms with E-state index in [1.54, 1.807) is 11.3 Å². The van der Waals surface area contributed by atoms with Crippen LogP contribution >= 0.6 is 11.3 Å². The molecule has 120 valence electrons. The molecule has 0 saturated carbocycles. The van der Waals surface area contributed by atoms with Gasteiger partial charge in [0, 0.05) is 28.4 Å². The third-order valence-electron chi connectivity index (χ3n) is 3.49. The number of aryl methyl sites for hydroxylation is 1. The molecule has 0 spiro atoms. The smallest absolute Gasteiger partial charge is 0.226 e. The number of amides is 1. The summed E-state index contributed by atoms with van der Waals surface area (Å²) in [7, 11) is 0. The van der Waals surface area contributed by atoms with E-state index < -0.39 is 0 Å². The fourth-order valence-electron chi connectivity index (χ4n) is 2.45. The quantitative estimate of drug-likeness (QED) is 0.795. The summed E-state index contributed by atoms with van der Waals surface area (Å²) < 4.78 is 2.02. The minimum atomic E-state index is -0.214. The molecule has 1 amide bonds. The molecule has 2 aromatic heterocycles.